The first-order chi connectivity index (χ1) is 15.1. The Balaban J connectivity index is 0.000000451. The summed E-state index contributed by atoms with van der Waals surface area (Å²) in [4.78, 5) is 24.0. The number of nitrogens with two attached hydrogens (primary N) is 1. The number of fused-ring (bicyclic) bond motifs is 1. The molecule has 170 valence electrons. The van der Waals surface area contributed by atoms with E-state index < -0.39 is 12.1 Å². The monoisotopic (exact) mass is 450 g/mol. The molecular formula is C21H21F3N4O4. The van der Waals surface area contributed by atoms with Crippen molar-refractivity contribution in [1.29, 1.82) is 5.41 Å². The van der Waals surface area contributed by atoms with Crippen LogP contribution in [0.3, 0.4) is 0 Å². The van der Waals surface area contributed by atoms with Gasteiger partial charge in [-0.2, -0.15) is 13.2 Å². The number of hydrogen-bond acceptors (Lipinski definition) is 4. The Hall–Kier alpha value is -4.02. The van der Waals surface area contributed by atoms with Crippen molar-refractivity contribution >= 4 is 28.6 Å². The van der Waals surface area contributed by atoms with Gasteiger partial charge in [0.25, 0.3) is 0 Å². The molecule has 0 atom stereocenters. The van der Waals surface area contributed by atoms with Crippen molar-refractivity contribution in [3.63, 3.8) is 0 Å². The summed E-state index contributed by atoms with van der Waals surface area (Å²) in [6, 6.07) is 14.9. The molecule has 0 saturated heterocycles. The number of nitrogen functional groups attached to an aromatic ring is 1. The van der Waals surface area contributed by atoms with E-state index in [0.717, 1.165) is 16.5 Å². The molecule has 0 saturated carbocycles. The number of benzene rings is 2. The summed E-state index contributed by atoms with van der Waals surface area (Å²) in [6.45, 7) is 0.763. The van der Waals surface area contributed by atoms with Gasteiger partial charge in [0.05, 0.1) is 13.0 Å². The first-order valence-electron chi connectivity index (χ1n) is 9.26. The Labute approximate surface area is 180 Å². The van der Waals surface area contributed by atoms with Crippen LogP contribution in [0.2, 0.25) is 0 Å². The summed E-state index contributed by atoms with van der Waals surface area (Å²) in [7, 11) is 0. The second kappa shape index (κ2) is 10.8. The minimum absolute atomic E-state index is 0.00172. The van der Waals surface area contributed by atoms with E-state index in [1.807, 2.05) is 30.5 Å². The lowest BCUT2D eigenvalue weighted by molar-refractivity contribution is -0.192. The number of nitrogens with one attached hydrogen (secondary N) is 3. The average Bonchev–Trinajstić information content (AvgIpc) is 3.19. The SMILES string of the molecule is N=C(N)c1cccc(OCCNC(=O)Cc2ccc3[nH]ccc3c2)c1.O=C(O)C(F)(F)F. The van der Waals surface area contributed by atoms with Crippen LogP contribution < -0.4 is 15.8 Å². The van der Waals surface area contributed by atoms with Gasteiger partial charge in [-0.3, -0.25) is 10.2 Å². The predicted octanol–water partition coefficient (Wildman–Crippen LogP) is 2.82. The summed E-state index contributed by atoms with van der Waals surface area (Å²) < 4.78 is 37.3. The third kappa shape index (κ3) is 7.67. The van der Waals surface area contributed by atoms with E-state index in [2.05, 4.69) is 10.3 Å². The fraction of sp³-hybridized carbons (Fsp3) is 0.190. The topological polar surface area (TPSA) is 141 Å². The molecule has 0 spiro atoms. The van der Waals surface area contributed by atoms with Gasteiger partial charge in [0.2, 0.25) is 5.91 Å². The van der Waals surface area contributed by atoms with Crippen molar-refractivity contribution in [2.45, 2.75) is 12.6 Å². The highest BCUT2D eigenvalue weighted by atomic mass is 19.4. The fourth-order valence-electron chi connectivity index (χ4n) is 2.57. The molecule has 1 heterocycles. The van der Waals surface area contributed by atoms with Crippen molar-refractivity contribution in [3.05, 3.63) is 65.9 Å². The van der Waals surface area contributed by atoms with Crippen molar-refractivity contribution in [2.24, 2.45) is 5.73 Å². The normalized spacial score (nSPS) is 10.7. The van der Waals surface area contributed by atoms with Crippen LogP contribution in [0.15, 0.2) is 54.7 Å². The van der Waals surface area contributed by atoms with Crippen molar-refractivity contribution in [1.82, 2.24) is 10.3 Å². The minimum atomic E-state index is -5.08. The summed E-state index contributed by atoms with van der Waals surface area (Å²) in [6.07, 6.45) is -2.87. The first-order valence-corrected chi connectivity index (χ1v) is 9.26. The van der Waals surface area contributed by atoms with Crippen LogP contribution in [0.5, 0.6) is 5.75 Å². The summed E-state index contributed by atoms with van der Waals surface area (Å²) in [5.41, 5.74) is 8.09. The van der Waals surface area contributed by atoms with Gasteiger partial charge in [0.15, 0.2) is 0 Å². The van der Waals surface area contributed by atoms with Gasteiger partial charge in [0, 0.05) is 17.3 Å². The molecule has 0 aliphatic heterocycles. The van der Waals surface area contributed by atoms with E-state index in [1.165, 1.54) is 0 Å². The molecule has 6 N–H and O–H groups in total. The van der Waals surface area contributed by atoms with Crippen molar-refractivity contribution in [3.8, 4) is 5.75 Å². The molecule has 1 amide bonds. The van der Waals surface area contributed by atoms with E-state index in [1.54, 1.807) is 24.3 Å². The van der Waals surface area contributed by atoms with Gasteiger partial charge in [-0.05, 0) is 41.3 Å². The number of hydrogen-bond donors (Lipinski definition) is 5. The molecule has 8 nitrogen and oxygen atoms in total. The minimum Gasteiger partial charge on any atom is -0.492 e. The van der Waals surface area contributed by atoms with Gasteiger partial charge in [-0.25, -0.2) is 4.79 Å². The zero-order valence-corrected chi connectivity index (χ0v) is 16.7. The molecule has 0 unspecified atom stereocenters. The largest absolute Gasteiger partial charge is 0.492 e. The number of ether oxygens (including phenoxy) is 1. The number of amidine groups is 1. The number of carbonyl (C=O) groups excluding carboxylic acids is 1. The zero-order valence-electron chi connectivity index (χ0n) is 16.7. The Kier molecular flexibility index (Phi) is 8.22. The average molecular weight is 450 g/mol. The van der Waals surface area contributed by atoms with Crippen LogP contribution in [0, 0.1) is 5.41 Å². The maximum absolute atomic E-state index is 12.0. The number of alkyl halides is 3. The molecule has 0 aliphatic rings. The number of halogens is 3. The summed E-state index contributed by atoms with van der Waals surface area (Å²) in [5.74, 6) is -2.18. The van der Waals surface area contributed by atoms with E-state index in [0.29, 0.717) is 30.9 Å². The summed E-state index contributed by atoms with van der Waals surface area (Å²) in [5, 5.41) is 18.5. The first kappa shape index (κ1) is 24.3. The molecule has 0 radical (unpaired) electrons. The standard InChI is InChI=1S/C19H20N4O2.C2HF3O2/c20-19(21)15-2-1-3-16(12-15)25-9-8-23-18(24)11-13-4-5-17-14(10-13)6-7-22-17;3-2(4,5)1(6)7/h1-7,10,12,22H,8-9,11H2,(H3,20,21)(H,23,24);(H,6,7). The number of aromatic amines is 1. The maximum Gasteiger partial charge on any atom is 0.490 e. The number of carboxylic acids is 1. The molecule has 2 aromatic carbocycles. The highest BCUT2D eigenvalue weighted by Crippen LogP contribution is 2.15. The molecule has 3 aromatic rings. The molecule has 0 fully saturated rings. The maximum atomic E-state index is 12.0. The zero-order chi connectivity index (χ0) is 23.7. The van der Waals surface area contributed by atoms with Gasteiger partial charge < -0.3 is 25.9 Å². The lowest BCUT2D eigenvalue weighted by atomic mass is 10.1. The van der Waals surface area contributed by atoms with Gasteiger partial charge >= 0.3 is 12.1 Å². The van der Waals surface area contributed by atoms with E-state index in [9.17, 15) is 18.0 Å². The molecule has 11 heteroatoms. The van der Waals surface area contributed by atoms with Gasteiger partial charge in [-0.15, -0.1) is 0 Å². The van der Waals surface area contributed by atoms with E-state index in [4.69, 9.17) is 25.8 Å². The molecular weight excluding hydrogens is 429 g/mol. The number of carboxylic acid groups (broad SMARTS) is 1. The number of amides is 1. The van der Waals surface area contributed by atoms with Crippen LogP contribution in [0.1, 0.15) is 11.1 Å². The quantitative estimate of drug-likeness (QED) is 0.214. The van der Waals surface area contributed by atoms with Gasteiger partial charge in [0.1, 0.15) is 18.2 Å². The number of aliphatic carboxylic acids is 1. The van der Waals surface area contributed by atoms with Crippen LogP contribution in [-0.2, 0) is 16.0 Å². The summed E-state index contributed by atoms with van der Waals surface area (Å²) >= 11 is 0. The highest BCUT2D eigenvalue weighted by molar-refractivity contribution is 5.95. The van der Waals surface area contributed by atoms with Crippen molar-refractivity contribution < 1.29 is 32.6 Å². The lowest BCUT2D eigenvalue weighted by Gasteiger charge is -2.09. The van der Waals surface area contributed by atoms with Crippen LogP contribution in [-0.4, -0.2) is 47.1 Å². The Morgan fingerprint density at radius 1 is 1.16 bits per heavy atom. The smallest absolute Gasteiger partial charge is 0.490 e. The Morgan fingerprint density at radius 3 is 2.53 bits per heavy atom. The second-order valence-corrected chi connectivity index (χ2v) is 6.52. The van der Waals surface area contributed by atoms with E-state index in [-0.39, 0.29) is 11.7 Å². The number of H-pyrrole nitrogens is 1. The van der Waals surface area contributed by atoms with Crippen molar-refractivity contribution in [2.75, 3.05) is 13.2 Å². The van der Waals surface area contributed by atoms with E-state index >= 15 is 0 Å². The molecule has 32 heavy (non-hydrogen) atoms. The third-order valence-corrected chi connectivity index (χ3v) is 4.06. The second-order valence-electron chi connectivity index (χ2n) is 6.52. The highest BCUT2D eigenvalue weighted by Gasteiger charge is 2.38. The predicted molar refractivity (Wildman–Crippen MR) is 112 cm³/mol. The van der Waals surface area contributed by atoms with Gasteiger partial charge in [-0.1, -0.05) is 18.2 Å². The molecule has 0 bridgehead atoms. The third-order valence-electron chi connectivity index (χ3n) is 4.06. The fourth-order valence-corrected chi connectivity index (χ4v) is 2.57. The number of carbonyl (C=O) groups is 2. The van der Waals surface area contributed by atoms with Crippen LogP contribution in [0.4, 0.5) is 13.2 Å². The lowest BCUT2D eigenvalue weighted by Crippen LogP contribution is -2.29. The molecule has 3 rings (SSSR count). The Morgan fingerprint density at radius 2 is 1.88 bits per heavy atom. The van der Waals surface area contributed by atoms with Crippen LogP contribution >= 0.6 is 0 Å². The molecule has 0 aliphatic carbocycles. The molecule has 1 aromatic heterocycles. The number of rotatable bonds is 7. The Bertz CT molecular complexity index is 1100. The number of aromatic nitrogens is 1. The van der Waals surface area contributed by atoms with Crippen LogP contribution in [0.25, 0.3) is 10.9 Å².